The topological polar surface area (TPSA) is 111 Å². The highest BCUT2D eigenvalue weighted by Crippen LogP contribution is 2.30. The number of aliphatic hydroxyl groups is 1. The number of likely N-dealkylation sites (N-methyl/N-ethyl adjacent to an activating group) is 1. The highest BCUT2D eigenvalue weighted by molar-refractivity contribution is 8.18. The molecule has 9 heteroatoms. The Morgan fingerprint density at radius 1 is 1.26 bits per heavy atom. The number of aromatic hydroxyl groups is 1. The molecule has 1 aliphatic heterocycles. The molecule has 2 N–H and O–H groups in total. The normalized spacial score (nSPS) is 16.5. The van der Waals surface area contributed by atoms with Crippen LogP contribution in [0.1, 0.15) is 23.8 Å². The average molecular weight is 442 g/mol. The van der Waals surface area contributed by atoms with Gasteiger partial charge in [0, 0.05) is 20.0 Å². The van der Waals surface area contributed by atoms with Crippen LogP contribution in [0.5, 0.6) is 5.75 Å². The van der Waals surface area contributed by atoms with Crippen LogP contribution in [0.4, 0.5) is 4.79 Å². The molecule has 162 valence electrons. The van der Waals surface area contributed by atoms with Gasteiger partial charge in [0.1, 0.15) is 11.5 Å². The number of thioether (sulfide) groups is 1. The van der Waals surface area contributed by atoms with Gasteiger partial charge >= 0.3 is 0 Å². The van der Waals surface area contributed by atoms with Gasteiger partial charge in [-0.25, -0.2) is 0 Å². The maximum absolute atomic E-state index is 12.5. The predicted molar refractivity (Wildman–Crippen MR) is 116 cm³/mol. The number of phenolic OH excluding ortho intramolecular Hbond substituents is 1. The lowest BCUT2D eigenvalue weighted by molar-refractivity contribution is -0.131. The number of amides is 3. The fraction of sp³-hybridized carbons (Fsp3) is 0.227. The second-order valence-corrected chi connectivity index (χ2v) is 7.85. The Hall–Kier alpha value is -3.30. The molecule has 1 saturated heterocycles. The summed E-state index contributed by atoms with van der Waals surface area (Å²) in [5.74, 6) is -0.0427. The Morgan fingerprint density at radius 3 is 2.68 bits per heavy atom. The molecular weight excluding hydrogens is 420 g/mol. The standard InChI is InChI=1S/C22H22N2O6S/c1-23(14-18(26)15-7-9-16(25)10-8-15)20(27)11-12-24-21(28)19(31-22(24)29)6-2-4-17-5-3-13-30-17/h2-10,13,18,25-26H,11-12,14H2,1H3. The third kappa shape index (κ3) is 5.87. The first-order valence-electron chi connectivity index (χ1n) is 9.51. The van der Waals surface area contributed by atoms with Crippen molar-refractivity contribution in [1.82, 2.24) is 9.80 Å². The van der Waals surface area contributed by atoms with Crippen LogP contribution in [-0.4, -0.2) is 57.2 Å². The minimum Gasteiger partial charge on any atom is -0.508 e. The zero-order valence-electron chi connectivity index (χ0n) is 16.8. The summed E-state index contributed by atoms with van der Waals surface area (Å²) in [5.41, 5.74) is 0.566. The number of benzene rings is 1. The van der Waals surface area contributed by atoms with E-state index < -0.39 is 17.3 Å². The summed E-state index contributed by atoms with van der Waals surface area (Å²) in [6.07, 6.45) is 5.40. The largest absolute Gasteiger partial charge is 0.508 e. The molecule has 3 amide bonds. The number of carbonyl (C=O) groups excluding carboxylic acids is 3. The lowest BCUT2D eigenvalue weighted by atomic mass is 10.1. The third-order valence-corrected chi connectivity index (χ3v) is 5.55. The van der Waals surface area contributed by atoms with Crippen LogP contribution >= 0.6 is 11.8 Å². The van der Waals surface area contributed by atoms with Crippen LogP contribution in [-0.2, 0) is 9.59 Å². The number of nitrogens with zero attached hydrogens (tertiary/aromatic N) is 2. The van der Waals surface area contributed by atoms with Crippen LogP contribution < -0.4 is 0 Å². The summed E-state index contributed by atoms with van der Waals surface area (Å²) < 4.78 is 5.16. The van der Waals surface area contributed by atoms with Gasteiger partial charge in [-0.2, -0.15) is 0 Å². The van der Waals surface area contributed by atoms with Crippen molar-refractivity contribution >= 4 is 34.9 Å². The molecule has 2 aromatic rings. The molecule has 1 unspecified atom stereocenters. The number of phenols is 1. The molecule has 1 fully saturated rings. The number of imide groups is 1. The Labute approximate surface area is 183 Å². The van der Waals surface area contributed by atoms with E-state index in [9.17, 15) is 24.6 Å². The maximum Gasteiger partial charge on any atom is 0.293 e. The number of hydrogen-bond acceptors (Lipinski definition) is 7. The summed E-state index contributed by atoms with van der Waals surface area (Å²) in [4.78, 5) is 39.7. The molecule has 0 radical (unpaired) electrons. The van der Waals surface area contributed by atoms with Crippen molar-refractivity contribution in [3.63, 3.8) is 0 Å². The van der Waals surface area contributed by atoms with E-state index in [2.05, 4.69) is 0 Å². The van der Waals surface area contributed by atoms with Gasteiger partial charge in [0.25, 0.3) is 11.1 Å². The smallest absolute Gasteiger partial charge is 0.293 e. The molecule has 3 rings (SSSR count). The minimum atomic E-state index is -0.921. The fourth-order valence-electron chi connectivity index (χ4n) is 2.88. The molecule has 1 aliphatic rings. The predicted octanol–water partition coefficient (Wildman–Crippen LogP) is 3.16. The summed E-state index contributed by atoms with van der Waals surface area (Å²) in [6.45, 7) is 0.00532. The molecule has 1 aromatic carbocycles. The number of carbonyl (C=O) groups is 3. The highest BCUT2D eigenvalue weighted by Gasteiger charge is 2.35. The Kier molecular flexibility index (Phi) is 7.32. The molecular formula is C22H22N2O6S. The van der Waals surface area contributed by atoms with Gasteiger partial charge in [-0.1, -0.05) is 18.2 Å². The average Bonchev–Trinajstić information content (AvgIpc) is 3.35. The van der Waals surface area contributed by atoms with Gasteiger partial charge in [0.15, 0.2) is 0 Å². The third-order valence-electron chi connectivity index (χ3n) is 4.62. The van der Waals surface area contributed by atoms with E-state index in [1.165, 1.54) is 29.4 Å². The fourth-order valence-corrected chi connectivity index (χ4v) is 3.70. The molecule has 0 bridgehead atoms. The molecule has 0 saturated carbocycles. The minimum absolute atomic E-state index is 0.0393. The van der Waals surface area contributed by atoms with E-state index in [1.807, 2.05) is 0 Å². The van der Waals surface area contributed by atoms with Crippen LogP contribution in [0, 0.1) is 0 Å². The van der Waals surface area contributed by atoms with Crippen LogP contribution in [0.15, 0.2) is 64.1 Å². The second kappa shape index (κ2) is 10.1. The molecule has 0 spiro atoms. The van der Waals surface area contributed by atoms with Crippen LogP contribution in [0.25, 0.3) is 6.08 Å². The summed E-state index contributed by atoms with van der Waals surface area (Å²) in [7, 11) is 1.54. The van der Waals surface area contributed by atoms with E-state index in [1.54, 1.807) is 43.5 Å². The Bertz CT molecular complexity index is 998. The summed E-state index contributed by atoms with van der Waals surface area (Å²) in [6, 6.07) is 9.56. The SMILES string of the molecule is CN(CC(O)c1ccc(O)cc1)C(=O)CCN1C(=O)SC(=CC=Cc2ccco2)C1=O. The van der Waals surface area contributed by atoms with Gasteiger partial charge in [-0.05, 0) is 53.7 Å². The van der Waals surface area contributed by atoms with Gasteiger partial charge in [-0.3, -0.25) is 19.3 Å². The summed E-state index contributed by atoms with van der Waals surface area (Å²) in [5, 5.41) is 19.1. The van der Waals surface area contributed by atoms with Crippen molar-refractivity contribution in [3.8, 4) is 5.75 Å². The van der Waals surface area contributed by atoms with E-state index in [0.29, 0.717) is 11.3 Å². The van der Waals surface area contributed by atoms with E-state index in [-0.39, 0.29) is 36.1 Å². The highest BCUT2D eigenvalue weighted by atomic mass is 32.2. The van der Waals surface area contributed by atoms with Crippen molar-refractivity contribution in [2.45, 2.75) is 12.5 Å². The monoisotopic (exact) mass is 442 g/mol. The number of furan rings is 1. The van der Waals surface area contributed by atoms with Crippen LogP contribution in [0.2, 0.25) is 0 Å². The summed E-state index contributed by atoms with van der Waals surface area (Å²) >= 11 is 0.819. The van der Waals surface area contributed by atoms with Gasteiger partial charge in [0.2, 0.25) is 5.91 Å². The lowest BCUT2D eigenvalue weighted by Gasteiger charge is -2.22. The van der Waals surface area contributed by atoms with Gasteiger partial charge in [-0.15, -0.1) is 0 Å². The van der Waals surface area contributed by atoms with Crippen molar-refractivity contribution < 1.29 is 29.0 Å². The number of allylic oxidation sites excluding steroid dienone is 2. The van der Waals surface area contributed by atoms with Crippen molar-refractivity contribution in [1.29, 1.82) is 0 Å². The zero-order valence-corrected chi connectivity index (χ0v) is 17.6. The number of aliphatic hydroxyl groups excluding tert-OH is 1. The zero-order chi connectivity index (χ0) is 22.4. The molecule has 31 heavy (non-hydrogen) atoms. The molecule has 8 nitrogen and oxygen atoms in total. The van der Waals surface area contributed by atoms with E-state index >= 15 is 0 Å². The van der Waals surface area contributed by atoms with Crippen molar-refractivity contribution in [3.05, 3.63) is 71.0 Å². The van der Waals surface area contributed by atoms with Gasteiger partial charge < -0.3 is 19.5 Å². The second-order valence-electron chi connectivity index (χ2n) is 6.86. The first kappa shape index (κ1) is 22.4. The van der Waals surface area contributed by atoms with E-state index in [4.69, 9.17) is 4.42 Å². The first-order valence-corrected chi connectivity index (χ1v) is 10.3. The maximum atomic E-state index is 12.5. The molecule has 0 aliphatic carbocycles. The lowest BCUT2D eigenvalue weighted by Crippen LogP contribution is -2.36. The van der Waals surface area contributed by atoms with E-state index in [0.717, 1.165) is 16.7 Å². The first-order chi connectivity index (χ1) is 14.8. The Morgan fingerprint density at radius 2 is 2.00 bits per heavy atom. The number of hydrogen-bond donors (Lipinski definition) is 2. The van der Waals surface area contributed by atoms with Gasteiger partial charge in [0.05, 0.1) is 23.8 Å². The molecule has 1 atom stereocenters. The number of rotatable bonds is 8. The molecule has 2 heterocycles. The van der Waals surface area contributed by atoms with Crippen LogP contribution in [0.3, 0.4) is 0 Å². The Balaban J connectivity index is 1.51. The van der Waals surface area contributed by atoms with Crippen molar-refractivity contribution in [2.75, 3.05) is 20.1 Å². The quantitative estimate of drug-likeness (QED) is 0.604. The van der Waals surface area contributed by atoms with Crippen molar-refractivity contribution in [2.24, 2.45) is 0 Å². The molecule has 1 aromatic heterocycles.